The average molecular weight is 338 g/mol. The number of carbonyl (C=O) groups excluding carboxylic acids is 2. The van der Waals surface area contributed by atoms with E-state index in [4.69, 9.17) is 0 Å². The molecule has 1 saturated heterocycles. The van der Waals surface area contributed by atoms with Crippen molar-refractivity contribution in [1.82, 2.24) is 20.5 Å². The molecule has 0 aromatic carbocycles. The van der Waals surface area contributed by atoms with Gasteiger partial charge in [0.05, 0.1) is 29.7 Å². The number of hydrogen-bond acceptors (Lipinski definition) is 5. The number of nitrogens with one attached hydrogen (secondary N) is 2. The van der Waals surface area contributed by atoms with Crippen molar-refractivity contribution in [2.24, 2.45) is 0 Å². The van der Waals surface area contributed by atoms with E-state index >= 15 is 0 Å². The number of amides is 2. The molecule has 0 aliphatic carbocycles. The molecule has 1 atom stereocenters. The largest absolute Gasteiger partial charge is 0.353 e. The van der Waals surface area contributed by atoms with E-state index in [1.54, 1.807) is 11.3 Å². The summed E-state index contributed by atoms with van der Waals surface area (Å²) in [6.45, 7) is 10.1. The first kappa shape index (κ1) is 17.9. The predicted octanol–water partition coefficient (Wildman–Crippen LogP) is 1.23. The summed E-state index contributed by atoms with van der Waals surface area (Å²) in [5, 5.41) is 6.86. The highest BCUT2D eigenvalue weighted by Gasteiger charge is 2.32. The van der Waals surface area contributed by atoms with Gasteiger partial charge in [0.1, 0.15) is 0 Å². The van der Waals surface area contributed by atoms with Gasteiger partial charge in [-0.3, -0.25) is 14.5 Å². The van der Waals surface area contributed by atoms with Crippen LogP contribution in [-0.2, 0) is 22.6 Å². The van der Waals surface area contributed by atoms with Crippen molar-refractivity contribution >= 4 is 23.2 Å². The van der Waals surface area contributed by atoms with E-state index in [2.05, 4.69) is 41.3 Å². The van der Waals surface area contributed by atoms with Crippen LogP contribution >= 0.6 is 11.3 Å². The van der Waals surface area contributed by atoms with Crippen LogP contribution in [0.2, 0.25) is 0 Å². The molecule has 1 aromatic heterocycles. The van der Waals surface area contributed by atoms with Crippen LogP contribution in [-0.4, -0.2) is 46.9 Å². The summed E-state index contributed by atoms with van der Waals surface area (Å²) in [4.78, 5) is 32.0. The number of piperazine rings is 1. The van der Waals surface area contributed by atoms with Crippen molar-refractivity contribution in [1.29, 1.82) is 0 Å². The Labute approximate surface area is 141 Å². The van der Waals surface area contributed by atoms with Crippen LogP contribution in [0.15, 0.2) is 0 Å². The Balaban J connectivity index is 1.92. The molecule has 7 heteroatoms. The van der Waals surface area contributed by atoms with Gasteiger partial charge in [0.15, 0.2) is 0 Å². The molecule has 0 unspecified atom stereocenters. The molecule has 1 fully saturated rings. The third-order valence-corrected chi connectivity index (χ3v) is 5.40. The Morgan fingerprint density at radius 3 is 2.87 bits per heavy atom. The zero-order valence-electron chi connectivity index (χ0n) is 14.3. The van der Waals surface area contributed by atoms with Crippen molar-refractivity contribution in [3.8, 4) is 0 Å². The molecule has 0 radical (unpaired) electrons. The molecule has 0 bridgehead atoms. The van der Waals surface area contributed by atoms with Crippen LogP contribution in [0, 0.1) is 6.92 Å². The minimum atomic E-state index is -0.377. The first-order valence-corrected chi connectivity index (χ1v) is 8.99. The van der Waals surface area contributed by atoms with Gasteiger partial charge >= 0.3 is 0 Å². The molecule has 2 amide bonds. The monoisotopic (exact) mass is 338 g/mol. The predicted molar refractivity (Wildman–Crippen MR) is 91.3 cm³/mol. The number of carbonyl (C=O) groups is 2. The van der Waals surface area contributed by atoms with Gasteiger partial charge in [-0.1, -0.05) is 6.92 Å². The molecule has 6 nitrogen and oxygen atoms in total. The Morgan fingerprint density at radius 2 is 2.26 bits per heavy atom. The summed E-state index contributed by atoms with van der Waals surface area (Å²) in [5.74, 6) is -0.147. The zero-order valence-corrected chi connectivity index (χ0v) is 15.1. The highest BCUT2D eigenvalue weighted by molar-refractivity contribution is 7.11. The molecule has 0 spiro atoms. The van der Waals surface area contributed by atoms with Crippen LogP contribution in [0.25, 0.3) is 0 Å². The maximum absolute atomic E-state index is 12.3. The van der Waals surface area contributed by atoms with Crippen LogP contribution in [0.1, 0.15) is 42.8 Å². The van der Waals surface area contributed by atoms with Crippen molar-refractivity contribution in [2.75, 3.05) is 13.1 Å². The Morgan fingerprint density at radius 1 is 1.52 bits per heavy atom. The zero-order chi connectivity index (χ0) is 17.0. The molecule has 23 heavy (non-hydrogen) atoms. The van der Waals surface area contributed by atoms with Crippen molar-refractivity contribution in [3.63, 3.8) is 0 Å². The minimum absolute atomic E-state index is 0.0534. The maximum Gasteiger partial charge on any atom is 0.237 e. The van der Waals surface area contributed by atoms with Crippen molar-refractivity contribution in [2.45, 2.75) is 59.2 Å². The maximum atomic E-state index is 12.3. The molecule has 128 valence electrons. The lowest BCUT2D eigenvalue weighted by Crippen LogP contribution is -2.58. The van der Waals surface area contributed by atoms with E-state index in [1.807, 2.05) is 6.92 Å². The van der Waals surface area contributed by atoms with E-state index < -0.39 is 0 Å². The number of nitrogens with zero attached hydrogens (tertiary/aromatic N) is 2. The fourth-order valence-corrected chi connectivity index (χ4v) is 3.74. The smallest absolute Gasteiger partial charge is 0.237 e. The van der Waals surface area contributed by atoms with Gasteiger partial charge in [0, 0.05) is 24.0 Å². The van der Waals surface area contributed by atoms with E-state index in [-0.39, 0.29) is 30.3 Å². The Bertz CT molecular complexity index is 570. The summed E-state index contributed by atoms with van der Waals surface area (Å²) >= 11 is 1.64. The summed E-state index contributed by atoms with van der Waals surface area (Å²) in [7, 11) is 0. The molecule has 1 aliphatic rings. The highest BCUT2D eigenvalue weighted by Crippen LogP contribution is 2.18. The number of rotatable bonds is 6. The van der Waals surface area contributed by atoms with E-state index in [0.29, 0.717) is 13.1 Å². The second-order valence-corrected chi connectivity index (χ2v) is 7.26. The van der Waals surface area contributed by atoms with Crippen LogP contribution in [0.5, 0.6) is 0 Å². The van der Waals surface area contributed by atoms with E-state index in [1.165, 1.54) is 0 Å². The molecule has 1 aliphatic heterocycles. The average Bonchev–Trinajstić information content (AvgIpc) is 2.87. The summed E-state index contributed by atoms with van der Waals surface area (Å²) < 4.78 is 0. The van der Waals surface area contributed by atoms with Crippen LogP contribution < -0.4 is 10.6 Å². The van der Waals surface area contributed by atoms with Crippen molar-refractivity contribution in [3.05, 3.63) is 15.6 Å². The number of thiazole rings is 1. The molecular formula is C16H26N4O2S. The first-order valence-electron chi connectivity index (χ1n) is 8.17. The second kappa shape index (κ2) is 7.88. The lowest BCUT2D eigenvalue weighted by atomic mass is 10.1. The lowest BCUT2D eigenvalue weighted by Gasteiger charge is -2.37. The Kier molecular flexibility index (Phi) is 6.12. The molecular weight excluding hydrogens is 312 g/mol. The third kappa shape index (κ3) is 4.51. The number of hydrogen-bond donors (Lipinski definition) is 2. The van der Waals surface area contributed by atoms with Gasteiger partial charge in [-0.2, -0.15) is 0 Å². The second-order valence-electron chi connectivity index (χ2n) is 6.09. The van der Waals surface area contributed by atoms with Crippen LogP contribution in [0.4, 0.5) is 0 Å². The lowest BCUT2D eigenvalue weighted by molar-refractivity contribution is -0.134. The topological polar surface area (TPSA) is 74.3 Å². The molecule has 0 saturated carbocycles. The highest BCUT2D eigenvalue weighted by atomic mass is 32.1. The molecule has 2 heterocycles. The first-order chi connectivity index (χ1) is 10.9. The quantitative estimate of drug-likeness (QED) is 0.818. The number of aromatic nitrogens is 1. The molecule has 1 aromatic rings. The van der Waals surface area contributed by atoms with Gasteiger partial charge in [-0.25, -0.2) is 4.98 Å². The molecule has 2 N–H and O–H groups in total. The van der Waals surface area contributed by atoms with Gasteiger partial charge in [0.2, 0.25) is 11.8 Å². The van der Waals surface area contributed by atoms with E-state index in [0.717, 1.165) is 28.5 Å². The normalized spacial score (nSPS) is 19.0. The summed E-state index contributed by atoms with van der Waals surface area (Å²) in [6, 6.07) is -0.132. The van der Waals surface area contributed by atoms with Gasteiger partial charge in [-0.15, -0.1) is 11.3 Å². The van der Waals surface area contributed by atoms with E-state index in [9.17, 15) is 9.59 Å². The fourth-order valence-electron chi connectivity index (χ4n) is 2.79. The fraction of sp³-hybridized carbons (Fsp3) is 0.688. The minimum Gasteiger partial charge on any atom is -0.353 e. The third-order valence-electron chi connectivity index (χ3n) is 4.10. The number of aryl methyl sites for hydroxylation is 2. The van der Waals surface area contributed by atoms with Gasteiger partial charge in [0.25, 0.3) is 0 Å². The summed E-state index contributed by atoms with van der Waals surface area (Å²) in [6.07, 6.45) is 1.10. The van der Waals surface area contributed by atoms with Gasteiger partial charge in [-0.05, 0) is 27.2 Å². The van der Waals surface area contributed by atoms with Gasteiger partial charge < -0.3 is 10.6 Å². The van der Waals surface area contributed by atoms with Crippen molar-refractivity contribution < 1.29 is 9.59 Å². The molecule has 2 rings (SSSR count). The summed E-state index contributed by atoms with van der Waals surface area (Å²) in [5.41, 5.74) is 0.978. The SMILES string of the molecule is CCc1nc(C)c(CNC(=O)C[C@H]2C(=O)NCCN2C(C)C)s1. The Hall–Kier alpha value is -1.47. The van der Waals surface area contributed by atoms with Crippen LogP contribution in [0.3, 0.4) is 0 Å². The standard InChI is InChI=1S/C16H26N4O2S/c1-5-15-19-11(4)13(23-15)9-18-14(21)8-12-16(22)17-6-7-20(12)10(2)3/h10,12H,5-9H2,1-4H3,(H,17,22)(H,18,21)/t12-/m0/s1.